The Labute approximate surface area is 110 Å². The Kier molecular flexibility index (Phi) is 4.59. The van der Waals surface area contributed by atoms with Gasteiger partial charge in [-0.3, -0.25) is 4.98 Å². The fourth-order valence-electron chi connectivity index (χ4n) is 2.77. The van der Waals surface area contributed by atoms with Crippen LogP contribution in [0.1, 0.15) is 33.1 Å². The van der Waals surface area contributed by atoms with Crippen LogP contribution in [-0.4, -0.2) is 29.3 Å². The highest BCUT2D eigenvalue weighted by Gasteiger charge is 2.25. The van der Waals surface area contributed by atoms with Gasteiger partial charge in [-0.2, -0.15) is 0 Å². The van der Waals surface area contributed by atoms with Crippen molar-refractivity contribution >= 4 is 5.69 Å². The van der Waals surface area contributed by atoms with E-state index in [0.29, 0.717) is 11.8 Å². The van der Waals surface area contributed by atoms with Gasteiger partial charge in [-0.25, -0.2) is 0 Å². The summed E-state index contributed by atoms with van der Waals surface area (Å²) in [6, 6.07) is 4.12. The number of anilines is 1. The quantitative estimate of drug-likeness (QED) is 0.890. The van der Waals surface area contributed by atoms with Crippen LogP contribution in [0.3, 0.4) is 0 Å². The smallest absolute Gasteiger partial charge is 0.0572 e. The molecule has 0 bridgehead atoms. The van der Waals surface area contributed by atoms with E-state index in [1.807, 2.05) is 12.4 Å². The molecule has 1 fully saturated rings. The van der Waals surface area contributed by atoms with E-state index in [4.69, 9.17) is 0 Å². The van der Waals surface area contributed by atoms with Gasteiger partial charge in [-0.05, 0) is 43.2 Å². The zero-order chi connectivity index (χ0) is 13.0. The third-order valence-corrected chi connectivity index (χ3v) is 3.82. The van der Waals surface area contributed by atoms with E-state index in [1.165, 1.54) is 5.69 Å². The number of piperidine rings is 1. The molecule has 1 aromatic heterocycles. The van der Waals surface area contributed by atoms with Crippen molar-refractivity contribution in [2.45, 2.75) is 39.2 Å². The molecule has 0 spiro atoms. The van der Waals surface area contributed by atoms with Gasteiger partial charge in [0.15, 0.2) is 0 Å². The largest absolute Gasteiger partial charge is 0.393 e. The summed E-state index contributed by atoms with van der Waals surface area (Å²) in [5, 5.41) is 10.2. The molecule has 1 atom stereocenters. The van der Waals surface area contributed by atoms with Crippen molar-refractivity contribution in [3.8, 4) is 0 Å². The third kappa shape index (κ3) is 3.45. The van der Waals surface area contributed by atoms with Crippen LogP contribution >= 0.6 is 0 Å². The molecule has 1 aliphatic heterocycles. The molecule has 0 saturated carbocycles. The number of hydrogen-bond donors (Lipinski definition) is 1. The average molecular weight is 248 g/mol. The molecule has 1 aromatic rings. The Morgan fingerprint density at radius 1 is 1.28 bits per heavy atom. The summed E-state index contributed by atoms with van der Waals surface area (Å²) in [7, 11) is 0. The molecule has 2 rings (SSSR count). The fraction of sp³-hybridized carbons (Fsp3) is 0.667. The predicted molar refractivity (Wildman–Crippen MR) is 74.6 cm³/mol. The summed E-state index contributed by atoms with van der Waals surface area (Å²) in [6.45, 7) is 6.44. The van der Waals surface area contributed by atoms with E-state index in [2.05, 4.69) is 35.9 Å². The molecule has 3 heteroatoms. The molecular formula is C15H24N2O. The number of rotatable bonds is 4. The van der Waals surface area contributed by atoms with E-state index >= 15 is 0 Å². The molecule has 0 aromatic carbocycles. The molecule has 100 valence electrons. The molecule has 2 heterocycles. The molecule has 18 heavy (non-hydrogen) atoms. The molecule has 0 aliphatic carbocycles. The van der Waals surface area contributed by atoms with Crippen molar-refractivity contribution in [3.05, 3.63) is 24.5 Å². The van der Waals surface area contributed by atoms with Crippen LogP contribution in [0.5, 0.6) is 0 Å². The van der Waals surface area contributed by atoms with Crippen molar-refractivity contribution in [1.29, 1.82) is 0 Å². The van der Waals surface area contributed by atoms with Crippen LogP contribution in [0.2, 0.25) is 0 Å². The molecule has 0 amide bonds. The van der Waals surface area contributed by atoms with Gasteiger partial charge in [-0.15, -0.1) is 0 Å². The molecular weight excluding hydrogens is 224 g/mol. The second kappa shape index (κ2) is 6.19. The molecule has 1 N–H and O–H groups in total. The number of nitrogens with zero attached hydrogens (tertiary/aromatic N) is 2. The van der Waals surface area contributed by atoms with Crippen molar-refractivity contribution < 1.29 is 5.11 Å². The van der Waals surface area contributed by atoms with Crippen LogP contribution < -0.4 is 4.90 Å². The van der Waals surface area contributed by atoms with Gasteiger partial charge < -0.3 is 10.0 Å². The Hall–Kier alpha value is -1.09. The summed E-state index contributed by atoms with van der Waals surface area (Å²) in [4.78, 5) is 6.44. The molecule has 1 aliphatic rings. The van der Waals surface area contributed by atoms with Crippen molar-refractivity contribution in [1.82, 2.24) is 4.98 Å². The lowest BCUT2D eigenvalue weighted by Crippen LogP contribution is -2.38. The minimum Gasteiger partial charge on any atom is -0.393 e. The third-order valence-electron chi connectivity index (χ3n) is 3.82. The summed E-state index contributed by atoms with van der Waals surface area (Å²) < 4.78 is 0. The molecule has 3 nitrogen and oxygen atoms in total. The predicted octanol–water partition coefficient (Wildman–Crippen LogP) is 2.71. The molecule has 1 saturated heterocycles. The minimum atomic E-state index is -0.121. The highest BCUT2D eigenvalue weighted by Crippen LogP contribution is 2.27. The van der Waals surface area contributed by atoms with Crippen LogP contribution in [-0.2, 0) is 0 Å². The monoisotopic (exact) mass is 248 g/mol. The van der Waals surface area contributed by atoms with Gasteiger partial charge in [-0.1, -0.05) is 13.8 Å². The number of aliphatic hydroxyl groups is 1. The SMILES string of the molecule is CC(C)C[C@H](O)C1CCN(c2ccncc2)CC1. The van der Waals surface area contributed by atoms with Crippen molar-refractivity contribution in [2.24, 2.45) is 11.8 Å². The lowest BCUT2D eigenvalue weighted by molar-refractivity contribution is 0.0735. The van der Waals surface area contributed by atoms with Gasteiger partial charge in [0.05, 0.1) is 6.10 Å². The van der Waals surface area contributed by atoms with Gasteiger partial charge in [0, 0.05) is 31.2 Å². The highest BCUT2D eigenvalue weighted by atomic mass is 16.3. The zero-order valence-electron chi connectivity index (χ0n) is 11.4. The van der Waals surface area contributed by atoms with Crippen LogP contribution in [0.25, 0.3) is 0 Å². The van der Waals surface area contributed by atoms with Crippen LogP contribution in [0.4, 0.5) is 5.69 Å². The van der Waals surface area contributed by atoms with Gasteiger partial charge in [0.1, 0.15) is 0 Å². The normalized spacial score (nSPS) is 19.2. The first kappa shape index (κ1) is 13.3. The summed E-state index contributed by atoms with van der Waals surface area (Å²) >= 11 is 0. The lowest BCUT2D eigenvalue weighted by atomic mass is 9.87. The Bertz CT molecular complexity index is 345. The maximum absolute atomic E-state index is 10.2. The summed E-state index contributed by atoms with van der Waals surface area (Å²) in [5.41, 5.74) is 1.25. The van der Waals surface area contributed by atoms with Gasteiger partial charge in [0.2, 0.25) is 0 Å². The second-order valence-corrected chi connectivity index (χ2v) is 5.73. The number of aromatic nitrogens is 1. The van der Waals surface area contributed by atoms with Crippen molar-refractivity contribution in [2.75, 3.05) is 18.0 Å². The van der Waals surface area contributed by atoms with Crippen LogP contribution in [0.15, 0.2) is 24.5 Å². The Morgan fingerprint density at radius 2 is 1.89 bits per heavy atom. The maximum Gasteiger partial charge on any atom is 0.0572 e. The number of hydrogen-bond acceptors (Lipinski definition) is 3. The van der Waals surface area contributed by atoms with E-state index < -0.39 is 0 Å². The van der Waals surface area contributed by atoms with E-state index in [0.717, 1.165) is 32.4 Å². The minimum absolute atomic E-state index is 0.121. The molecule has 0 radical (unpaired) electrons. The topological polar surface area (TPSA) is 36.4 Å². The van der Waals surface area contributed by atoms with E-state index in [9.17, 15) is 5.11 Å². The Balaban J connectivity index is 1.85. The highest BCUT2D eigenvalue weighted by molar-refractivity contribution is 5.44. The number of pyridine rings is 1. The first-order valence-electron chi connectivity index (χ1n) is 7.00. The fourth-order valence-corrected chi connectivity index (χ4v) is 2.77. The van der Waals surface area contributed by atoms with Crippen LogP contribution in [0, 0.1) is 11.8 Å². The summed E-state index contributed by atoms with van der Waals surface area (Å²) in [5.74, 6) is 1.06. The zero-order valence-corrected chi connectivity index (χ0v) is 11.4. The summed E-state index contributed by atoms with van der Waals surface area (Å²) in [6.07, 6.45) is 6.68. The molecule has 0 unspecified atom stereocenters. The Morgan fingerprint density at radius 3 is 2.44 bits per heavy atom. The van der Waals surface area contributed by atoms with E-state index in [-0.39, 0.29) is 6.10 Å². The maximum atomic E-state index is 10.2. The average Bonchev–Trinajstić information content (AvgIpc) is 2.39. The standard InChI is InChI=1S/C15H24N2O/c1-12(2)11-15(18)13-5-9-17(10-6-13)14-3-7-16-8-4-14/h3-4,7-8,12-13,15,18H,5-6,9-11H2,1-2H3/t15-/m0/s1. The van der Waals surface area contributed by atoms with Gasteiger partial charge >= 0.3 is 0 Å². The van der Waals surface area contributed by atoms with E-state index in [1.54, 1.807) is 0 Å². The first-order valence-corrected chi connectivity index (χ1v) is 7.00. The number of aliphatic hydroxyl groups excluding tert-OH is 1. The first-order chi connectivity index (χ1) is 8.66. The van der Waals surface area contributed by atoms with Crippen molar-refractivity contribution in [3.63, 3.8) is 0 Å². The lowest BCUT2D eigenvalue weighted by Gasteiger charge is -2.36. The van der Waals surface area contributed by atoms with Gasteiger partial charge in [0.25, 0.3) is 0 Å². The second-order valence-electron chi connectivity index (χ2n) is 5.73.